The number of ether oxygens (including phenoxy) is 2. The number of phenols is 1. The standard InChI is InChI=1S/C22H22O5/c1-15-4-5-16(12-21(15)26-2)6-9-18(23)14-19(24)10-7-17-8-11-20(25)22(13-17)27-3/h4-14,24-25H,1-3H3/b9-6+,10-7+,19-14-. The molecule has 0 radical (unpaired) electrons. The number of hydrogen-bond acceptors (Lipinski definition) is 5. The minimum Gasteiger partial charge on any atom is -0.508 e. The van der Waals surface area contributed by atoms with Crippen molar-refractivity contribution in [3.63, 3.8) is 0 Å². The van der Waals surface area contributed by atoms with Crippen LogP contribution in [0.25, 0.3) is 12.2 Å². The Bertz CT molecular complexity index is 907. The predicted molar refractivity (Wildman–Crippen MR) is 106 cm³/mol. The number of aliphatic hydroxyl groups is 1. The molecule has 2 N–H and O–H groups in total. The van der Waals surface area contributed by atoms with Gasteiger partial charge >= 0.3 is 0 Å². The molecule has 0 aromatic heterocycles. The number of carbonyl (C=O) groups excluding carboxylic acids is 1. The molecule has 0 spiro atoms. The van der Waals surface area contributed by atoms with Gasteiger partial charge < -0.3 is 19.7 Å². The van der Waals surface area contributed by atoms with E-state index < -0.39 is 0 Å². The Morgan fingerprint density at radius 1 is 0.926 bits per heavy atom. The van der Waals surface area contributed by atoms with Crippen LogP contribution in [0.2, 0.25) is 0 Å². The van der Waals surface area contributed by atoms with Crippen molar-refractivity contribution in [3.8, 4) is 17.2 Å². The first-order valence-corrected chi connectivity index (χ1v) is 8.25. The number of rotatable bonds is 7. The molecular formula is C22H22O5. The van der Waals surface area contributed by atoms with Crippen LogP contribution >= 0.6 is 0 Å². The summed E-state index contributed by atoms with van der Waals surface area (Å²) in [5.74, 6) is 0.573. The lowest BCUT2D eigenvalue weighted by Gasteiger charge is -2.04. The first-order chi connectivity index (χ1) is 12.9. The zero-order valence-electron chi connectivity index (χ0n) is 15.5. The molecule has 2 aromatic carbocycles. The van der Waals surface area contributed by atoms with Crippen molar-refractivity contribution in [2.24, 2.45) is 0 Å². The number of phenolic OH excluding ortho intramolecular Hbond substituents is 1. The molecule has 2 aromatic rings. The maximum absolute atomic E-state index is 12.0. The summed E-state index contributed by atoms with van der Waals surface area (Å²) in [6.45, 7) is 1.94. The summed E-state index contributed by atoms with van der Waals surface area (Å²) in [7, 11) is 3.05. The van der Waals surface area contributed by atoms with Crippen molar-refractivity contribution in [3.05, 3.63) is 77.1 Å². The third kappa shape index (κ3) is 5.78. The van der Waals surface area contributed by atoms with Crippen LogP contribution in [0.5, 0.6) is 17.2 Å². The second-order valence-electron chi connectivity index (χ2n) is 5.80. The van der Waals surface area contributed by atoms with Crippen molar-refractivity contribution in [2.75, 3.05) is 14.2 Å². The molecule has 0 aliphatic carbocycles. The fraction of sp³-hybridized carbons (Fsp3) is 0.136. The van der Waals surface area contributed by atoms with Crippen molar-refractivity contribution in [1.29, 1.82) is 0 Å². The van der Waals surface area contributed by atoms with E-state index in [2.05, 4.69) is 0 Å². The first-order valence-electron chi connectivity index (χ1n) is 8.25. The Hall–Kier alpha value is -3.47. The first kappa shape index (κ1) is 19.8. The second kappa shape index (κ2) is 9.29. The average Bonchev–Trinajstić information content (AvgIpc) is 2.66. The van der Waals surface area contributed by atoms with Crippen LogP contribution in [0.3, 0.4) is 0 Å². The van der Waals surface area contributed by atoms with Gasteiger partial charge in [-0.3, -0.25) is 4.79 Å². The van der Waals surface area contributed by atoms with Gasteiger partial charge in [-0.2, -0.15) is 0 Å². The number of aliphatic hydroxyl groups excluding tert-OH is 1. The molecule has 0 aliphatic rings. The minimum absolute atomic E-state index is 0.0301. The molecular weight excluding hydrogens is 344 g/mol. The zero-order chi connectivity index (χ0) is 19.8. The van der Waals surface area contributed by atoms with Crippen LogP contribution in [-0.4, -0.2) is 30.2 Å². The van der Waals surface area contributed by atoms with Gasteiger partial charge in [-0.25, -0.2) is 0 Å². The second-order valence-corrected chi connectivity index (χ2v) is 5.80. The molecule has 0 fully saturated rings. The van der Waals surface area contributed by atoms with E-state index in [0.717, 1.165) is 23.0 Å². The molecule has 5 heteroatoms. The molecule has 0 heterocycles. The van der Waals surface area contributed by atoms with Gasteiger partial charge in [-0.05, 0) is 54.0 Å². The topological polar surface area (TPSA) is 76.0 Å². The predicted octanol–water partition coefficient (Wildman–Crippen LogP) is 4.46. The normalized spacial score (nSPS) is 11.9. The maximum atomic E-state index is 12.0. The summed E-state index contributed by atoms with van der Waals surface area (Å²) in [5, 5.41) is 19.5. The number of aromatic hydroxyl groups is 1. The van der Waals surface area contributed by atoms with E-state index in [0.29, 0.717) is 11.3 Å². The number of carbonyl (C=O) groups is 1. The van der Waals surface area contributed by atoms with Gasteiger partial charge in [0.2, 0.25) is 0 Å². The van der Waals surface area contributed by atoms with Crippen LogP contribution in [0.1, 0.15) is 16.7 Å². The highest BCUT2D eigenvalue weighted by Crippen LogP contribution is 2.26. The maximum Gasteiger partial charge on any atom is 0.182 e. The van der Waals surface area contributed by atoms with Crippen LogP contribution in [0, 0.1) is 6.92 Å². The lowest BCUT2D eigenvalue weighted by atomic mass is 10.1. The van der Waals surface area contributed by atoms with E-state index in [1.165, 1.54) is 25.3 Å². The Kier molecular flexibility index (Phi) is 6.83. The van der Waals surface area contributed by atoms with Gasteiger partial charge in [0.15, 0.2) is 17.3 Å². The van der Waals surface area contributed by atoms with Gasteiger partial charge in [0.25, 0.3) is 0 Å². The largest absolute Gasteiger partial charge is 0.508 e. The number of aryl methyl sites for hydroxylation is 1. The van der Waals surface area contributed by atoms with Gasteiger partial charge in [-0.1, -0.05) is 30.4 Å². The van der Waals surface area contributed by atoms with E-state index >= 15 is 0 Å². The van der Waals surface area contributed by atoms with Crippen molar-refractivity contribution < 1.29 is 24.5 Å². The van der Waals surface area contributed by atoms with E-state index in [1.807, 2.05) is 25.1 Å². The summed E-state index contributed by atoms with van der Waals surface area (Å²) in [5.41, 5.74) is 2.54. The Morgan fingerprint density at radius 2 is 1.52 bits per heavy atom. The quantitative estimate of drug-likeness (QED) is 0.430. The molecule has 0 aliphatic heterocycles. The minimum atomic E-state index is -0.347. The highest BCUT2D eigenvalue weighted by atomic mass is 16.5. The van der Waals surface area contributed by atoms with Crippen LogP contribution in [0.15, 0.2) is 60.4 Å². The van der Waals surface area contributed by atoms with Crippen molar-refractivity contribution in [1.82, 2.24) is 0 Å². The zero-order valence-corrected chi connectivity index (χ0v) is 15.5. The SMILES string of the molecule is COc1cc(/C=C/C(=O)/C=C(O)/C=C/c2ccc(O)c(OC)c2)ccc1C. The van der Waals surface area contributed by atoms with Gasteiger partial charge in [0.1, 0.15) is 11.5 Å². The number of ketones is 1. The van der Waals surface area contributed by atoms with Crippen molar-refractivity contribution in [2.45, 2.75) is 6.92 Å². The fourth-order valence-corrected chi connectivity index (χ4v) is 2.34. The van der Waals surface area contributed by atoms with E-state index in [4.69, 9.17) is 9.47 Å². The van der Waals surface area contributed by atoms with E-state index in [1.54, 1.807) is 31.4 Å². The van der Waals surface area contributed by atoms with Crippen LogP contribution in [-0.2, 0) is 4.79 Å². The number of hydrogen-bond donors (Lipinski definition) is 2. The third-order valence-electron chi connectivity index (χ3n) is 3.81. The molecule has 0 saturated carbocycles. The number of methoxy groups -OCH3 is 2. The van der Waals surface area contributed by atoms with E-state index in [9.17, 15) is 15.0 Å². The monoisotopic (exact) mass is 366 g/mol. The summed E-state index contributed by atoms with van der Waals surface area (Å²) in [4.78, 5) is 12.0. The molecule has 0 saturated heterocycles. The van der Waals surface area contributed by atoms with Crippen molar-refractivity contribution >= 4 is 17.9 Å². The third-order valence-corrected chi connectivity index (χ3v) is 3.81. The molecule has 27 heavy (non-hydrogen) atoms. The smallest absolute Gasteiger partial charge is 0.182 e. The Labute approximate surface area is 158 Å². The highest BCUT2D eigenvalue weighted by molar-refractivity contribution is 6.02. The Balaban J connectivity index is 2.05. The fourth-order valence-electron chi connectivity index (χ4n) is 2.34. The van der Waals surface area contributed by atoms with Crippen LogP contribution < -0.4 is 9.47 Å². The lowest BCUT2D eigenvalue weighted by Crippen LogP contribution is -1.90. The molecule has 0 amide bonds. The summed E-state index contributed by atoms with van der Waals surface area (Å²) in [6, 6.07) is 10.4. The summed E-state index contributed by atoms with van der Waals surface area (Å²) < 4.78 is 10.3. The summed E-state index contributed by atoms with van der Waals surface area (Å²) in [6.07, 6.45) is 7.15. The van der Waals surface area contributed by atoms with Crippen LogP contribution in [0.4, 0.5) is 0 Å². The van der Waals surface area contributed by atoms with Gasteiger partial charge in [-0.15, -0.1) is 0 Å². The lowest BCUT2D eigenvalue weighted by molar-refractivity contribution is -0.110. The number of benzene rings is 2. The molecule has 0 bridgehead atoms. The average molecular weight is 366 g/mol. The van der Waals surface area contributed by atoms with Gasteiger partial charge in [0, 0.05) is 6.08 Å². The molecule has 2 rings (SSSR count). The Morgan fingerprint density at radius 3 is 2.19 bits per heavy atom. The summed E-state index contributed by atoms with van der Waals surface area (Å²) >= 11 is 0. The molecule has 140 valence electrons. The molecule has 5 nitrogen and oxygen atoms in total. The van der Waals surface area contributed by atoms with E-state index in [-0.39, 0.29) is 17.3 Å². The molecule has 0 unspecified atom stereocenters. The molecule has 0 atom stereocenters. The number of allylic oxidation sites excluding steroid dienone is 3. The highest BCUT2D eigenvalue weighted by Gasteiger charge is 2.01. The van der Waals surface area contributed by atoms with Gasteiger partial charge in [0.05, 0.1) is 14.2 Å².